The zero-order chi connectivity index (χ0) is 9.68. The van der Waals surface area contributed by atoms with E-state index in [-0.39, 0.29) is 11.7 Å². The Morgan fingerprint density at radius 2 is 2.15 bits per heavy atom. The smallest absolute Gasteiger partial charge is 0.134 e. The maximum absolute atomic E-state index is 11.1. The van der Waals surface area contributed by atoms with Crippen molar-refractivity contribution in [1.29, 1.82) is 0 Å². The summed E-state index contributed by atoms with van der Waals surface area (Å²) < 4.78 is 0. The molecule has 3 heteroatoms. The van der Waals surface area contributed by atoms with Crippen molar-refractivity contribution >= 4 is 5.78 Å². The molecule has 0 unspecified atom stereocenters. The molecule has 1 rings (SSSR count). The number of carbonyl (C=O) groups is 1. The van der Waals surface area contributed by atoms with E-state index in [1.807, 2.05) is 12.1 Å². The first kappa shape index (κ1) is 9.86. The maximum Gasteiger partial charge on any atom is 0.134 e. The van der Waals surface area contributed by atoms with Crippen LogP contribution in [0.4, 0.5) is 0 Å². The Kier molecular flexibility index (Phi) is 3.58. The minimum Gasteiger partial charge on any atom is -0.330 e. The van der Waals surface area contributed by atoms with Gasteiger partial charge in [0.2, 0.25) is 0 Å². The molecule has 1 atom stereocenters. The lowest BCUT2D eigenvalue weighted by atomic mass is 9.97. The normalized spacial score (nSPS) is 12.5. The SMILES string of the molecule is CC(=O)[C@H](CN)Cc1ccncc1. The lowest BCUT2D eigenvalue weighted by molar-refractivity contribution is -0.120. The number of carbonyl (C=O) groups excluding carboxylic acids is 1. The van der Waals surface area contributed by atoms with E-state index < -0.39 is 0 Å². The molecule has 1 aromatic heterocycles. The Labute approximate surface area is 78.0 Å². The van der Waals surface area contributed by atoms with E-state index in [0.29, 0.717) is 13.0 Å². The van der Waals surface area contributed by atoms with E-state index in [2.05, 4.69) is 4.98 Å². The summed E-state index contributed by atoms with van der Waals surface area (Å²) in [6, 6.07) is 3.82. The van der Waals surface area contributed by atoms with Gasteiger partial charge in [-0.2, -0.15) is 0 Å². The Bertz CT molecular complexity index is 272. The summed E-state index contributed by atoms with van der Waals surface area (Å²) in [4.78, 5) is 15.0. The number of pyridine rings is 1. The third kappa shape index (κ3) is 2.95. The molecule has 0 aliphatic heterocycles. The molecule has 0 aliphatic carbocycles. The molecule has 3 nitrogen and oxygen atoms in total. The van der Waals surface area contributed by atoms with Gasteiger partial charge < -0.3 is 5.73 Å². The molecule has 2 N–H and O–H groups in total. The predicted molar refractivity (Wildman–Crippen MR) is 51.2 cm³/mol. The molecule has 0 amide bonds. The van der Waals surface area contributed by atoms with Crippen molar-refractivity contribution in [1.82, 2.24) is 4.98 Å². The van der Waals surface area contributed by atoms with Crippen LogP contribution < -0.4 is 5.73 Å². The number of aromatic nitrogens is 1. The summed E-state index contributed by atoms with van der Waals surface area (Å²) in [6.07, 6.45) is 4.17. The average molecular weight is 178 g/mol. The fraction of sp³-hybridized carbons (Fsp3) is 0.400. The Morgan fingerprint density at radius 3 is 2.62 bits per heavy atom. The number of nitrogens with zero attached hydrogens (tertiary/aromatic N) is 1. The molecule has 0 aromatic carbocycles. The van der Waals surface area contributed by atoms with Crippen molar-refractivity contribution in [2.75, 3.05) is 6.54 Å². The summed E-state index contributed by atoms with van der Waals surface area (Å²) in [5.41, 5.74) is 6.60. The second-order valence-corrected chi connectivity index (χ2v) is 3.10. The fourth-order valence-electron chi connectivity index (χ4n) is 1.20. The van der Waals surface area contributed by atoms with Crippen LogP contribution in [0, 0.1) is 5.92 Å². The monoisotopic (exact) mass is 178 g/mol. The summed E-state index contributed by atoms with van der Waals surface area (Å²) in [6.45, 7) is 2.00. The molecule has 0 saturated carbocycles. The predicted octanol–water partition coefficient (Wildman–Crippen LogP) is 0.788. The van der Waals surface area contributed by atoms with Crippen LogP contribution in [0.3, 0.4) is 0 Å². The first-order valence-electron chi connectivity index (χ1n) is 4.33. The second-order valence-electron chi connectivity index (χ2n) is 3.10. The largest absolute Gasteiger partial charge is 0.330 e. The van der Waals surface area contributed by atoms with Gasteiger partial charge in [-0.25, -0.2) is 0 Å². The first-order chi connectivity index (χ1) is 6.24. The van der Waals surface area contributed by atoms with Crippen LogP contribution in [-0.4, -0.2) is 17.3 Å². The van der Waals surface area contributed by atoms with Gasteiger partial charge in [0.05, 0.1) is 0 Å². The van der Waals surface area contributed by atoms with Gasteiger partial charge in [-0.3, -0.25) is 9.78 Å². The molecule has 1 aromatic rings. The summed E-state index contributed by atoms with van der Waals surface area (Å²) in [5.74, 6) is 0.0988. The fourth-order valence-corrected chi connectivity index (χ4v) is 1.20. The zero-order valence-corrected chi connectivity index (χ0v) is 7.73. The quantitative estimate of drug-likeness (QED) is 0.741. The molecule has 13 heavy (non-hydrogen) atoms. The van der Waals surface area contributed by atoms with Crippen LogP contribution >= 0.6 is 0 Å². The molecule has 0 aliphatic rings. The molecular formula is C10H14N2O. The summed E-state index contributed by atoms with van der Waals surface area (Å²) in [5, 5.41) is 0. The molecule has 70 valence electrons. The average Bonchev–Trinajstić information content (AvgIpc) is 2.15. The molecule has 1 heterocycles. The van der Waals surface area contributed by atoms with Crippen molar-refractivity contribution in [3.8, 4) is 0 Å². The molecule has 0 saturated heterocycles. The molecular weight excluding hydrogens is 164 g/mol. The highest BCUT2D eigenvalue weighted by Gasteiger charge is 2.12. The van der Waals surface area contributed by atoms with Gasteiger partial charge in [-0.1, -0.05) is 0 Å². The van der Waals surface area contributed by atoms with E-state index >= 15 is 0 Å². The highest BCUT2D eigenvalue weighted by atomic mass is 16.1. The van der Waals surface area contributed by atoms with Crippen LogP contribution in [0.15, 0.2) is 24.5 Å². The number of nitrogens with two attached hydrogens (primary N) is 1. The second kappa shape index (κ2) is 4.72. The van der Waals surface area contributed by atoms with Gasteiger partial charge in [0.15, 0.2) is 0 Å². The van der Waals surface area contributed by atoms with E-state index in [0.717, 1.165) is 5.56 Å². The van der Waals surface area contributed by atoms with Crippen LogP contribution in [-0.2, 0) is 11.2 Å². The van der Waals surface area contributed by atoms with Crippen molar-refractivity contribution in [3.63, 3.8) is 0 Å². The Hall–Kier alpha value is -1.22. The summed E-state index contributed by atoms with van der Waals surface area (Å²) >= 11 is 0. The van der Waals surface area contributed by atoms with Crippen molar-refractivity contribution < 1.29 is 4.79 Å². The molecule has 0 bridgehead atoms. The van der Waals surface area contributed by atoms with Crippen LogP contribution in [0.5, 0.6) is 0 Å². The van der Waals surface area contributed by atoms with Gasteiger partial charge in [0, 0.05) is 24.9 Å². The van der Waals surface area contributed by atoms with Gasteiger partial charge in [0.1, 0.15) is 5.78 Å². The highest BCUT2D eigenvalue weighted by molar-refractivity contribution is 5.78. The van der Waals surface area contributed by atoms with Gasteiger partial charge in [-0.05, 0) is 31.0 Å². The van der Waals surface area contributed by atoms with E-state index in [1.165, 1.54) is 0 Å². The number of Topliss-reactive ketones (excluding diaryl/α,β-unsaturated/α-hetero) is 1. The minimum atomic E-state index is -0.0533. The minimum absolute atomic E-state index is 0.0533. The van der Waals surface area contributed by atoms with Gasteiger partial charge >= 0.3 is 0 Å². The van der Waals surface area contributed by atoms with E-state index in [4.69, 9.17) is 5.73 Å². The van der Waals surface area contributed by atoms with Crippen molar-refractivity contribution in [3.05, 3.63) is 30.1 Å². The van der Waals surface area contributed by atoms with E-state index in [1.54, 1.807) is 19.3 Å². The van der Waals surface area contributed by atoms with Crippen molar-refractivity contribution in [2.24, 2.45) is 11.7 Å². The molecule has 0 radical (unpaired) electrons. The van der Waals surface area contributed by atoms with Gasteiger partial charge in [-0.15, -0.1) is 0 Å². The lowest BCUT2D eigenvalue weighted by Crippen LogP contribution is -2.23. The summed E-state index contributed by atoms with van der Waals surface area (Å²) in [7, 11) is 0. The van der Waals surface area contributed by atoms with E-state index in [9.17, 15) is 4.79 Å². The third-order valence-corrected chi connectivity index (χ3v) is 2.09. The van der Waals surface area contributed by atoms with Crippen LogP contribution in [0.25, 0.3) is 0 Å². The molecule has 0 spiro atoms. The highest BCUT2D eigenvalue weighted by Crippen LogP contribution is 2.07. The first-order valence-corrected chi connectivity index (χ1v) is 4.33. The number of rotatable bonds is 4. The lowest BCUT2D eigenvalue weighted by Gasteiger charge is -2.10. The van der Waals surface area contributed by atoms with Crippen LogP contribution in [0.1, 0.15) is 12.5 Å². The Morgan fingerprint density at radius 1 is 1.54 bits per heavy atom. The van der Waals surface area contributed by atoms with Crippen molar-refractivity contribution in [2.45, 2.75) is 13.3 Å². The zero-order valence-electron chi connectivity index (χ0n) is 7.73. The maximum atomic E-state index is 11.1. The van der Waals surface area contributed by atoms with Gasteiger partial charge in [0.25, 0.3) is 0 Å². The number of ketones is 1. The number of hydrogen-bond donors (Lipinski definition) is 1. The number of hydrogen-bond acceptors (Lipinski definition) is 3. The standard InChI is InChI=1S/C10H14N2O/c1-8(13)10(7-11)6-9-2-4-12-5-3-9/h2-5,10H,6-7,11H2,1H3/t10-/m0/s1. The molecule has 0 fully saturated rings. The topological polar surface area (TPSA) is 56.0 Å². The Balaban J connectivity index is 2.62. The third-order valence-electron chi connectivity index (χ3n) is 2.09. The van der Waals surface area contributed by atoms with Crippen LogP contribution in [0.2, 0.25) is 0 Å².